The lowest BCUT2D eigenvalue weighted by atomic mass is 9.98. The lowest BCUT2D eigenvalue weighted by Gasteiger charge is -2.16. The number of carboxylic acids is 1. The molecule has 0 heterocycles. The molecule has 7 heteroatoms. The zero-order chi connectivity index (χ0) is 24.1. The fourth-order valence-electron chi connectivity index (χ4n) is 4.23. The quantitative estimate of drug-likeness (QED) is 0.459. The van der Waals surface area contributed by atoms with E-state index in [0.29, 0.717) is 12.1 Å². The summed E-state index contributed by atoms with van der Waals surface area (Å²) in [7, 11) is 0. The molecule has 1 aliphatic rings. The van der Waals surface area contributed by atoms with Gasteiger partial charge in [-0.15, -0.1) is 0 Å². The van der Waals surface area contributed by atoms with Crippen molar-refractivity contribution in [3.8, 4) is 11.1 Å². The predicted octanol–water partition coefficient (Wildman–Crippen LogP) is 4.57. The number of nitrogens with one attached hydrogen (secondary N) is 2. The summed E-state index contributed by atoms with van der Waals surface area (Å²) >= 11 is 0. The Bertz CT molecular complexity index is 1180. The number of benzene rings is 3. The van der Waals surface area contributed by atoms with Crippen molar-refractivity contribution in [3.63, 3.8) is 0 Å². The van der Waals surface area contributed by atoms with Gasteiger partial charge in [-0.05, 0) is 47.2 Å². The van der Waals surface area contributed by atoms with Crippen LogP contribution in [0.25, 0.3) is 11.1 Å². The van der Waals surface area contributed by atoms with Gasteiger partial charge in [0.15, 0.2) is 0 Å². The smallest absolute Gasteiger partial charge is 0.411 e. The van der Waals surface area contributed by atoms with Crippen LogP contribution < -0.4 is 10.6 Å². The minimum absolute atomic E-state index is 0.0340. The molecule has 0 unspecified atom stereocenters. The second-order valence-electron chi connectivity index (χ2n) is 8.24. The molecule has 0 saturated heterocycles. The van der Waals surface area contributed by atoms with E-state index in [0.717, 1.165) is 27.8 Å². The van der Waals surface area contributed by atoms with Crippen molar-refractivity contribution >= 4 is 23.7 Å². The van der Waals surface area contributed by atoms with Crippen molar-refractivity contribution in [2.75, 3.05) is 11.9 Å². The lowest BCUT2D eigenvalue weighted by molar-refractivity contribution is -0.141. The first-order chi connectivity index (χ1) is 16.4. The lowest BCUT2D eigenvalue weighted by Crippen LogP contribution is -2.38. The molecule has 174 valence electrons. The highest BCUT2D eigenvalue weighted by atomic mass is 16.5. The maximum Gasteiger partial charge on any atom is 0.411 e. The summed E-state index contributed by atoms with van der Waals surface area (Å²) in [6, 6.07) is 22.5. The highest BCUT2D eigenvalue weighted by Crippen LogP contribution is 2.44. The van der Waals surface area contributed by atoms with E-state index in [-0.39, 0.29) is 24.9 Å². The van der Waals surface area contributed by atoms with E-state index in [1.54, 1.807) is 12.1 Å². The Balaban J connectivity index is 1.37. The molecule has 34 heavy (non-hydrogen) atoms. The average Bonchev–Trinajstić information content (AvgIpc) is 3.16. The Labute approximate surface area is 197 Å². The first-order valence-corrected chi connectivity index (χ1v) is 11.2. The van der Waals surface area contributed by atoms with Crippen molar-refractivity contribution < 1.29 is 24.2 Å². The number of rotatable bonds is 8. The topological polar surface area (TPSA) is 105 Å². The number of fused-ring (bicyclic) bond motifs is 3. The fraction of sp³-hybridized carbons (Fsp3) is 0.222. The van der Waals surface area contributed by atoms with Gasteiger partial charge in [-0.2, -0.15) is 0 Å². The van der Waals surface area contributed by atoms with Crippen LogP contribution >= 0.6 is 0 Å². The number of hydrogen-bond donors (Lipinski definition) is 3. The Morgan fingerprint density at radius 1 is 0.912 bits per heavy atom. The van der Waals surface area contributed by atoms with Gasteiger partial charge in [-0.3, -0.25) is 14.9 Å². The highest BCUT2D eigenvalue weighted by Gasteiger charge is 2.29. The zero-order valence-electron chi connectivity index (χ0n) is 18.8. The molecule has 1 aliphatic carbocycles. The maximum atomic E-state index is 12.6. The van der Waals surface area contributed by atoms with Gasteiger partial charge in [0.2, 0.25) is 5.91 Å². The highest BCUT2D eigenvalue weighted by molar-refractivity contribution is 5.87. The molecule has 3 N–H and O–H groups in total. The van der Waals surface area contributed by atoms with Gasteiger partial charge in [0.1, 0.15) is 12.6 Å². The molecule has 0 fully saturated rings. The summed E-state index contributed by atoms with van der Waals surface area (Å²) in [6.07, 6.45) is -0.128. The molecule has 0 aromatic heterocycles. The summed E-state index contributed by atoms with van der Waals surface area (Å²) in [5.41, 5.74) is 5.91. The molecule has 3 aromatic carbocycles. The van der Waals surface area contributed by atoms with Crippen LogP contribution in [-0.2, 0) is 20.7 Å². The third kappa shape index (κ3) is 5.09. The minimum atomic E-state index is -1.09. The van der Waals surface area contributed by atoms with Crippen molar-refractivity contribution in [3.05, 3.63) is 89.5 Å². The Morgan fingerprint density at radius 2 is 1.50 bits per heavy atom. The summed E-state index contributed by atoms with van der Waals surface area (Å²) < 4.78 is 5.61. The Kier molecular flexibility index (Phi) is 6.92. The molecule has 0 radical (unpaired) electrons. The van der Waals surface area contributed by atoms with Gasteiger partial charge >= 0.3 is 12.1 Å². The van der Waals surface area contributed by atoms with Gasteiger partial charge < -0.3 is 15.2 Å². The number of aliphatic carboxylic acids is 1. The molecule has 0 saturated carbocycles. The van der Waals surface area contributed by atoms with Crippen LogP contribution in [0.5, 0.6) is 0 Å². The number of para-hydroxylation sites is 1. The van der Waals surface area contributed by atoms with E-state index < -0.39 is 18.1 Å². The van der Waals surface area contributed by atoms with Crippen LogP contribution in [0, 0.1) is 0 Å². The van der Waals surface area contributed by atoms with Gasteiger partial charge in [-0.1, -0.05) is 66.7 Å². The van der Waals surface area contributed by atoms with Crippen molar-refractivity contribution in [2.45, 2.75) is 31.7 Å². The molecular formula is C27H26N2O5. The summed E-state index contributed by atoms with van der Waals surface area (Å²) in [6.45, 7) is 1.62. The molecule has 7 nitrogen and oxygen atoms in total. The second kappa shape index (κ2) is 10.2. The number of hydrogen-bond acceptors (Lipinski definition) is 4. The van der Waals surface area contributed by atoms with E-state index in [1.807, 2.05) is 36.4 Å². The largest absolute Gasteiger partial charge is 0.480 e. The number of aryl methyl sites for hydroxylation is 1. The molecule has 3 aromatic rings. The standard InChI is InChI=1S/C27H26N2O5/c1-17(26(31)32)28-25(30)15-14-18-8-2-7-13-24(18)29-27(33)34-16-23-21-11-5-3-9-19(21)20-10-4-6-12-22(20)23/h2-13,17,23H,14-16H2,1H3,(H,28,30)(H,29,33)(H,31,32)/t17-/m0/s1. The predicted molar refractivity (Wildman–Crippen MR) is 129 cm³/mol. The van der Waals surface area contributed by atoms with E-state index >= 15 is 0 Å². The van der Waals surface area contributed by atoms with Crippen molar-refractivity contribution in [2.24, 2.45) is 0 Å². The van der Waals surface area contributed by atoms with E-state index in [9.17, 15) is 14.4 Å². The van der Waals surface area contributed by atoms with Crippen LogP contribution in [0.2, 0.25) is 0 Å². The van der Waals surface area contributed by atoms with Crippen LogP contribution in [0.1, 0.15) is 36.0 Å². The molecule has 1 atom stereocenters. The molecule has 4 rings (SSSR count). The van der Waals surface area contributed by atoms with Crippen molar-refractivity contribution in [1.29, 1.82) is 0 Å². The van der Waals surface area contributed by atoms with Gasteiger partial charge in [-0.25, -0.2) is 4.79 Å². The normalized spacial score (nSPS) is 12.9. The molecule has 0 aliphatic heterocycles. The monoisotopic (exact) mass is 458 g/mol. The van der Waals surface area contributed by atoms with E-state index in [2.05, 4.69) is 34.9 Å². The van der Waals surface area contributed by atoms with Gasteiger partial charge in [0.25, 0.3) is 0 Å². The summed E-state index contributed by atoms with van der Waals surface area (Å²) in [5, 5.41) is 14.1. The Hall–Kier alpha value is -4.13. The number of amides is 2. The van der Waals surface area contributed by atoms with Crippen LogP contribution in [0.3, 0.4) is 0 Å². The number of carboxylic acid groups (broad SMARTS) is 1. The third-order valence-corrected chi connectivity index (χ3v) is 5.97. The zero-order valence-corrected chi connectivity index (χ0v) is 18.8. The third-order valence-electron chi connectivity index (χ3n) is 5.97. The summed E-state index contributed by atoms with van der Waals surface area (Å²) in [4.78, 5) is 35.6. The minimum Gasteiger partial charge on any atom is -0.480 e. The molecule has 0 bridgehead atoms. The summed E-state index contributed by atoms with van der Waals surface area (Å²) in [5.74, 6) is -1.50. The first kappa shape index (κ1) is 23.0. The van der Waals surface area contributed by atoms with Gasteiger partial charge in [0, 0.05) is 18.0 Å². The molecule has 2 amide bonds. The maximum absolute atomic E-state index is 12.6. The van der Waals surface area contributed by atoms with Crippen LogP contribution in [0.4, 0.5) is 10.5 Å². The average molecular weight is 459 g/mol. The number of carbonyl (C=O) groups excluding carboxylic acids is 2. The van der Waals surface area contributed by atoms with Crippen LogP contribution in [0.15, 0.2) is 72.8 Å². The van der Waals surface area contributed by atoms with Gasteiger partial charge in [0.05, 0.1) is 0 Å². The Morgan fingerprint density at radius 3 is 2.15 bits per heavy atom. The van der Waals surface area contributed by atoms with E-state index in [4.69, 9.17) is 9.84 Å². The first-order valence-electron chi connectivity index (χ1n) is 11.2. The van der Waals surface area contributed by atoms with Crippen LogP contribution in [-0.4, -0.2) is 35.7 Å². The molecular weight excluding hydrogens is 432 g/mol. The SMILES string of the molecule is C[C@H](NC(=O)CCc1ccccc1NC(=O)OCC1c2ccccc2-c2ccccc21)C(=O)O. The molecule has 0 spiro atoms. The fourth-order valence-corrected chi connectivity index (χ4v) is 4.23. The second-order valence-corrected chi connectivity index (χ2v) is 8.24. The number of anilines is 1. The van der Waals surface area contributed by atoms with Crippen molar-refractivity contribution in [1.82, 2.24) is 5.32 Å². The number of ether oxygens (including phenoxy) is 1. The van der Waals surface area contributed by atoms with E-state index in [1.165, 1.54) is 6.92 Å². The number of carbonyl (C=O) groups is 3.